The summed E-state index contributed by atoms with van der Waals surface area (Å²) < 4.78 is 10.7. The molecule has 13 heavy (non-hydrogen) atoms. The van der Waals surface area contributed by atoms with Crippen molar-refractivity contribution in [2.75, 3.05) is 33.4 Å². The highest BCUT2D eigenvalue weighted by atomic mass is 16.5. The Labute approximate surface area is 81.0 Å². The van der Waals surface area contributed by atoms with Crippen LogP contribution in [0.2, 0.25) is 0 Å². The van der Waals surface area contributed by atoms with Gasteiger partial charge in [-0.25, -0.2) is 0 Å². The van der Waals surface area contributed by atoms with E-state index in [1.807, 2.05) is 0 Å². The van der Waals surface area contributed by atoms with E-state index in [1.54, 1.807) is 7.11 Å². The molecule has 0 amide bonds. The van der Waals surface area contributed by atoms with Crippen molar-refractivity contribution < 1.29 is 9.47 Å². The maximum atomic E-state index is 5.65. The van der Waals surface area contributed by atoms with Crippen LogP contribution in [0.15, 0.2) is 0 Å². The smallest absolute Gasteiger partial charge is 0.0678 e. The van der Waals surface area contributed by atoms with E-state index in [-0.39, 0.29) is 0 Å². The molecule has 1 saturated heterocycles. The fraction of sp³-hybridized carbons (Fsp3) is 1.00. The molecule has 1 aliphatic heterocycles. The molecule has 78 valence electrons. The van der Waals surface area contributed by atoms with Crippen molar-refractivity contribution in [2.24, 2.45) is 0 Å². The van der Waals surface area contributed by atoms with Gasteiger partial charge >= 0.3 is 0 Å². The lowest BCUT2D eigenvalue weighted by Gasteiger charge is -2.35. The highest BCUT2D eigenvalue weighted by Gasteiger charge is 2.21. The lowest BCUT2D eigenvalue weighted by atomic mass is 10.2. The zero-order chi connectivity index (χ0) is 9.68. The molecule has 0 unspecified atom stereocenters. The minimum absolute atomic E-state index is 0.381. The number of morpholine rings is 1. The summed E-state index contributed by atoms with van der Waals surface area (Å²) in [7, 11) is 1.75. The van der Waals surface area contributed by atoms with E-state index in [9.17, 15) is 0 Å². The van der Waals surface area contributed by atoms with Gasteiger partial charge in [-0.2, -0.15) is 0 Å². The largest absolute Gasteiger partial charge is 0.385 e. The third kappa shape index (κ3) is 4.07. The van der Waals surface area contributed by atoms with Crippen LogP contribution in [0.3, 0.4) is 0 Å². The first-order valence-corrected chi connectivity index (χ1v) is 5.09. The van der Waals surface area contributed by atoms with Gasteiger partial charge in [-0.15, -0.1) is 0 Å². The van der Waals surface area contributed by atoms with Crippen LogP contribution in [0, 0.1) is 0 Å². The Hall–Kier alpha value is -0.120. The number of hydrogen-bond acceptors (Lipinski definition) is 3. The molecule has 1 heterocycles. The third-order valence-corrected chi connectivity index (χ3v) is 2.32. The zero-order valence-corrected chi connectivity index (χ0v) is 8.95. The topological polar surface area (TPSA) is 21.7 Å². The predicted molar refractivity (Wildman–Crippen MR) is 52.9 cm³/mol. The number of methoxy groups -OCH3 is 1. The number of ether oxygens (including phenoxy) is 2. The van der Waals surface area contributed by atoms with Gasteiger partial charge in [0.25, 0.3) is 0 Å². The molecule has 0 aromatic carbocycles. The van der Waals surface area contributed by atoms with Gasteiger partial charge in [-0.05, 0) is 20.3 Å². The second-order valence-electron chi connectivity index (χ2n) is 3.86. The second kappa shape index (κ2) is 5.58. The van der Waals surface area contributed by atoms with Crippen LogP contribution in [-0.2, 0) is 9.47 Å². The first kappa shape index (κ1) is 11.0. The molecule has 1 fully saturated rings. The van der Waals surface area contributed by atoms with Crippen LogP contribution in [0.5, 0.6) is 0 Å². The molecule has 0 radical (unpaired) electrons. The van der Waals surface area contributed by atoms with Crippen molar-refractivity contribution in [3.8, 4) is 0 Å². The molecule has 0 spiro atoms. The SMILES string of the molecule is COCCCN1C[C@@H](C)O[C@@H](C)C1. The molecule has 1 aliphatic rings. The average Bonchev–Trinajstić information content (AvgIpc) is 2.03. The first-order chi connectivity index (χ1) is 6.22. The van der Waals surface area contributed by atoms with Crippen LogP contribution in [0.1, 0.15) is 20.3 Å². The first-order valence-electron chi connectivity index (χ1n) is 5.09. The summed E-state index contributed by atoms with van der Waals surface area (Å²) >= 11 is 0. The average molecular weight is 187 g/mol. The molecule has 3 nitrogen and oxygen atoms in total. The molecule has 1 rings (SSSR count). The lowest BCUT2D eigenvalue weighted by Crippen LogP contribution is -2.45. The second-order valence-corrected chi connectivity index (χ2v) is 3.86. The highest BCUT2D eigenvalue weighted by Crippen LogP contribution is 2.10. The Morgan fingerprint density at radius 1 is 1.31 bits per heavy atom. The van der Waals surface area contributed by atoms with Gasteiger partial charge in [0.2, 0.25) is 0 Å². The quantitative estimate of drug-likeness (QED) is 0.616. The van der Waals surface area contributed by atoms with Gasteiger partial charge in [-0.3, -0.25) is 4.90 Å². The molecular weight excluding hydrogens is 166 g/mol. The van der Waals surface area contributed by atoms with Crippen molar-refractivity contribution in [1.29, 1.82) is 0 Å². The normalized spacial score (nSPS) is 30.7. The summed E-state index contributed by atoms with van der Waals surface area (Å²) in [5.74, 6) is 0. The van der Waals surface area contributed by atoms with Gasteiger partial charge in [0.1, 0.15) is 0 Å². The Balaban J connectivity index is 2.17. The van der Waals surface area contributed by atoms with Crippen LogP contribution < -0.4 is 0 Å². The highest BCUT2D eigenvalue weighted by molar-refractivity contribution is 4.72. The Morgan fingerprint density at radius 3 is 2.46 bits per heavy atom. The monoisotopic (exact) mass is 187 g/mol. The Kier molecular flexibility index (Phi) is 4.70. The summed E-state index contributed by atoms with van der Waals surface area (Å²) in [6, 6.07) is 0. The fourth-order valence-corrected chi connectivity index (χ4v) is 1.90. The molecule has 0 N–H and O–H groups in total. The van der Waals surface area contributed by atoms with Gasteiger partial charge in [0.05, 0.1) is 12.2 Å². The fourth-order valence-electron chi connectivity index (χ4n) is 1.90. The zero-order valence-electron chi connectivity index (χ0n) is 8.95. The maximum Gasteiger partial charge on any atom is 0.0678 e. The van der Waals surface area contributed by atoms with E-state index in [4.69, 9.17) is 9.47 Å². The van der Waals surface area contributed by atoms with Gasteiger partial charge in [0, 0.05) is 33.4 Å². The minimum atomic E-state index is 0.381. The third-order valence-electron chi connectivity index (χ3n) is 2.32. The van der Waals surface area contributed by atoms with Crippen LogP contribution in [-0.4, -0.2) is 50.5 Å². The Morgan fingerprint density at radius 2 is 1.92 bits per heavy atom. The van der Waals surface area contributed by atoms with Crippen LogP contribution in [0.25, 0.3) is 0 Å². The van der Waals surface area contributed by atoms with Gasteiger partial charge < -0.3 is 9.47 Å². The predicted octanol–water partition coefficient (Wildman–Crippen LogP) is 1.13. The van der Waals surface area contributed by atoms with E-state index in [0.29, 0.717) is 12.2 Å². The van der Waals surface area contributed by atoms with E-state index in [1.165, 1.54) is 0 Å². The molecular formula is C10H21NO2. The van der Waals surface area contributed by atoms with Crippen molar-refractivity contribution >= 4 is 0 Å². The summed E-state index contributed by atoms with van der Waals surface area (Å²) in [6.45, 7) is 8.39. The van der Waals surface area contributed by atoms with E-state index >= 15 is 0 Å². The van der Waals surface area contributed by atoms with E-state index < -0.39 is 0 Å². The summed E-state index contributed by atoms with van der Waals surface area (Å²) in [4.78, 5) is 2.46. The van der Waals surface area contributed by atoms with Crippen molar-refractivity contribution in [3.05, 3.63) is 0 Å². The molecule has 0 aromatic rings. The number of nitrogens with zero attached hydrogens (tertiary/aromatic N) is 1. The molecule has 0 aromatic heterocycles. The Bertz CT molecular complexity index is 131. The number of hydrogen-bond donors (Lipinski definition) is 0. The number of rotatable bonds is 4. The lowest BCUT2D eigenvalue weighted by molar-refractivity contribution is -0.0690. The van der Waals surface area contributed by atoms with Crippen molar-refractivity contribution in [2.45, 2.75) is 32.5 Å². The summed E-state index contributed by atoms with van der Waals surface area (Å²) in [5, 5.41) is 0. The standard InChI is InChI=1S/C10H21NO2/c1-9-7-11(5-4-6-12-3)8-10(2)13-9/h9-10H,4-8H2,1-3H3/t9-,10+. The molecule has 0 saturated carbocycles. The van der Waals surface area contributed by atoms with Crippen LogP contribution >= 0.6 is 0 Å². The van der Waals surface area contributed by atoms with E-state index in [2.05, 4.69) is 18.7 Å². The molecule has 0 aliphatic carbocycles. The van der Waals surface area contributed by atoms with Gasteiger partial charge in [-0.1, -0.05) is 0 Å². The van der Waals surface area contributed by atoms with Crippen molar-refractivity contribution in [3.63, 3.8) is 0 Å². The van der Waals surface area contributed by atoms with Crippen LogP contribution in [0.4, 0.5) is 0 Å². The summed E-state index contributed by atoms with van der Waals surface area (Å²) in [5.41, 5.74) is 0. The molecule has 0 bridgehead atoms. The summed E-state index contributed by atoms with van der Waals surface area (Å²) in [6.07, 6.45) is 1.88. The molecule has 2 atom stereocenters. The van der Waals surface area contributed by atoms with Crippen molar-refractivity contribution in [1.82, 2.24) is 4.90 Å². The van der Waals surface area contributed by atoms with Gasteiger partial charge in [0.15, 0.2) is 0 Å². The maximum absolute atomic E-state index is 5.65. The van der Waals surface area contributed by atoms with E-state index in [0.717, 1.165) is 32.7 Å². The minimum Gasteiger partial charge on any atom is -0.385 e. The molecule has 3 heteroatoms.